The number of rotatable bonds is 3. The van der Waals surface area contributed by atoms with E-state index in [1.165, 1.54) is 11.1 Å². The van der Waals surface area contributed by atoms with Crippen LogP contribution in [0.1, 0.15) is 33.9 Å². The number of hydrogen-bond acceptors (Lipinski definition) is 2. The number of benzene rings is 2. The van der Waals surface area contributed by atoms with Crippen molar-refractivity contribution in [2.24, 2.45) is 0 Å². The molecule has 1 atom stereocenters. The number of nitrogens with one attached hydrogen (secondary N) is 1. The van der Waals surface area contributed by atoms with Crippen molar-refractivity contribution in [2.75, 3.05) is 5.32 Å². The summed E-state index contributed by atoms with van der Waals surface area (Å²) in [5.74, 6) is -0.914. The number of fused-ring (bicyclic) bond motifs is 1. The van der Waals surface area contributed by atoms with Gasteiger partial charge in [0.1, 0.15) is 0 Å². The highest BCUT2D eigenvalue weighted by molar-refractivity contribution is 6.30. The van der Waals surface area contributed by atoms with Gasteiger partial charge in [0.25, 0.3) is 0 Å². The second-order valence-electron chi connectivity index (χ2n) is 4.93. The van der Waals surface area contributed by atoms with Crippen molar-refractivity contribution in [3.63, 3.8) is 0 Å². The van der Waals surface area contributed by atoms with Crippen LogP contribution < -0.4 is 5.32 Å². The maximum atomic E-state index is 11.2. The number of carboxylic acid groups (broad SMARTS) is 1. The highest BCUT2D eigenvalue weighted by Crippen LogP contribution is 2.35. The molecule has 20 heavy (non-hydrogen) atoms. The van der Waals surface area contributed by atoms with E-state index in [1.807, 2.05) is 24.3 Å². The molecule has 0 saturated heterocycles. The molecule has 102 valence electrons. The number of carboxylic acids is 1. The summed E-state index contributed by atoms with van der Waals surface area (Å²) >= 11 is 6.00. The van der Waals surface area contributed by atoms with Gasteiger partial charge in [0, 0.05) is 10.7 Å². The molecule has 0 heterocycles. The summed E-state index contributed by atoms with van der Waals surface area (Å²) in [7, 11) is 0. The van der Waals surface area contributed by atoms with Gasteiger partial charge < -0.3 is 10.4 Å². The highest BCUT2D eigenvalue weighted by Gasteiger charge is 2.23. The van der Waals surface area contributed by atoms with E-state index in [4.69, 9.17) is 11.6 Å². The summed E-state index contributed by atoms with van der Waals surface area (Å²) in [4.78, 5) is 11.2. The molecule has 0 amide bonds. The van der Waals surface area contributed by atoms with Crippen molar-refractivity contribution in [3.8, 4) is 0 Å². The van der Waals surface area contributed by atoms with Gasteiger partial charge in [-0.2, -0.15) is 0 Å². The zero-order valence-corrected chi connectivity index (χ0v) is 11.5. The normalized spacial score (nSPS) is 16.8. The first-order chi connectivity index (χ1) is 9.65. The van der Waals surface area contributed by atoms with Crippen LogP contribution in [-0.4, -0.2) is 11.1 Å². The molecule has 0 radical (unpaired) electrons. The summed E-state index contributed by atoms with van der Waals surface area (Å²) in [6.45, 7) is 0. The van der Waals surface area contributed by atoms with Crippen molar-refractivity contribution in [2.45, 2.75) is 18.9 Å². The number of aryl methyl sites for hydroxylation is 1. The second-order valence-corrected chi connectivity index (χ2v) is 5.37. The Hall–Kier alpha value is -2.00. The maximum Gasteiger partial charge on any atom is 0.337 e. The predicted octanol–water partition coefficient (Wildman–Crippen LogP) is 4.14. The van der Waals surface area contributed by atoms with Gasteiger partial charge in [-0.3, -0.25) is 0 Å². The van der Waals surface area contributed by atoms with Crippen molar-refractivity contribution in [3.05, 3.63) is 64.2 Å². The topological polar surface area (TPSA) is 49.3 Å². The van der Waals surface area contributed by atoms with Crippen LogP contribution in [0.2, 0.25) is 5.02 Å². The van der Waals surface area contributed by atoms with Crippen molar-refractivity contribution in [1.82, 2.24) is 0 Å². The van der Waals surface area contributed by atoms with E-state index in [0.717, 1.165) is 17.9 Å². The molecule has 1 unspecified atom stereocenters. The van der Waals surface area contributed by atoms with Crippen LogP contribution in [0.4, 0.5) is 5.69 Å². The molecule has 2 N–H and O–H groups in total. The highest BCUT2D eigenvalue weighted by atomic mass is 35.5. The SMILES string of the molecule is O=C(O)c1ccccc1NC1CCc2cc(Cl)ccc21. The summed E-state index contributed by atoms with van der Waals surface area (Å²) < 4.78 is 0. The third-order valence-electron chi connectivity index (χ3n) is 3.67. The van der Waals surface area contributed by atoms with E-state index < -0.39 is 5.97 Å². The van der Waals surface area contributed by atoms with Gasteiger partial charge in [-0.15, -0.1) is 0 Å². The average molecular weight is 288 g/mol. The van der Waals surface area contributed by atoms with E-state index >= 15 is 0 Å². The zero-order valence-electron chi connectivity index (χ0n) is 10.8. The van der Waals surface area contributed by atoms with E-state index in [0.29, 0.717) is 11.3 Å². The lowest BCUT2D eigenvalue weighted by atomic mass is 10.1. The summed E-state index contributed by atoms with van der Waals surface area (Å²) in [5, 5.41) is 13.3. The number of para-hydroxylation sites is 1. The van der Waals surface area contributed by atoms with Gasteiger partial charge in [-0.25, -0.2) is 4.79 Å². The zero-order chi connectivity index (χ0) is 14.1. The summed E-state index contributed by atoms with van der Waals surface area (Å²) in [5.41, 5.74) is 3.40. The first-order valence-electron chi connectivity index (χ1n) is 6.52. The molecule has 0 saturated carbocycles. The van der Waals surface area contributed by atoms with Crippen LogP contribution in [0.3, 0.4) is 0 Å². The van der Waals surface area contributed by atoms with Crippen LogP contribution in [0.15, 0.2) is 42.5 Å². The van der Waals surface area contributed by atoms with Crippen molar-refractivity contribution in [1.29, 1.82) is 0 Å². The Balaban J connectivity index is 1.90. The quantitative estimate of drug-likeness (QED) is 0.892. The molecular formula is C16H14ClNO2. The molecule has 2 aromatic carbocycles. The minimum Gasteiger partial charge on any atom is -0.478 e. The van der Waals surface area contributed by atoms with Gasteiger partial charge in [0.2, 0.25) is 0 Å². The van der Waals surface area contributed by atoms with E-state index in [9.17, 15) is 9.90 Å². The fourth-order valence-electron chi connectivity index (χ4n) is 2.72. The van der Waals surface area contributed by atoms with Gasteiger partial charge in [0.05, 0.1) is 11.6 Å². The number of halogens is 1. The van der Waals surface area contributed by atoms with Crippen LogP contribution in [0, 0.1) is 0 Å². The van der Waals surface area contributed by atoms with E-state index in [2.05, 4.69) is 5.32 Å². The molecule has 0 aromatic heterocycles. The molecule has 1 aliphatic rings. The first-order valence-corrected chi connectivity index (χ1v) is 6.90. The Morgan fingerprint density at radius 1 is 1.25 bits per heavy atom. The van der Waals surface area contributed by atoms with Gasteiger partial charge >= 0.3 is 5.97 Å². The smallest absolute Gasteiger partial charge is 0.337 e. The first kappa shape index (κ1) is 13.0. The number of anilines is 1. The molecule has 0 fully saturated rings. The Bertz CT molecular complexity index is 669. The number of carbonyl (C=O) groups is 1. The molecule has 3 nitrogen and oxygen atoms in total. The Labute approximate surface area is 122 Å². The third-order valence-corrected chi connectivity index (χ3v) is 3.91. The summed E-state index contributed by atoms with van der Waals surface area (Å²) in [6.07, 6.45) is 1.91. The largest absolute Gasteiger partial charge is 0.478 e. The molecule has 0 spiro atoms. The van der Waals surface area contributed by atoms with Crippen LogP contribution >= 0.6 is 11.6 Å². The number of hydrogen-bond donors (Lipinski definition) is 2. The average Bonchev–Trinajstić information content (AvgIpc) is 2.81. The molecule has 0 bridgehead atoms. The molecule has 0 aliphatic heterocycles. The molecular weight excluding hydrogens is 274 g/mol. The van der Waals surface area contributed by atoms with Gasteiger partial charge in [-0.1, -0.05) is 29.8 Å². The van der Waals surface area contributed by atoms with Gasteiger partial charge in [-0.05, 0) is 48.2 Å². The lowest BCUT2D eigenvalue weighted by Gasteiger charge is -2.17. The second kappa shape index (κ2) is 5.17. The fraction of sp³-hybridized carbons (Fsp3) is 0.188. The number of aromatic carboxylic acids is 1. The Kier molecular flexibility index (Phi) is 3.36. The minimum atomic E-state index is -0.914. The van der Waals surface area contributed by atoms with Gasteiger partial charge in [0.15, 0.2) is 0 Å². The van der Waals surface area contributed by atoms with Crippen LogP contribution in [0.5, 0.6) is 0 Å². The third kappa shape index (κ3) is 2.37. The molecule has 2 aromatic rings. The fourth-order valence-corrected chi connectivity index (χ4v) is 2.91. The van der Waals surface area contributed by atoms with Crippen LogP contribution in [0.25, 0.3) is 0 Å². The monoisotopic (exact) mass is 287 g/mol. The lowest BCUT2D eigenvalue weighted by Crippen LogP contribution is -2.11. The van der Waals surface area contributed by atoms with E-state index in [1.54, 1.807) is 18.2 Å². The predicted molar refractivity (Wildman–Crippen MR) is 79.5 cm³/mol. The van der Waals surface area contributed by atoms with E-state index in [-0.39, 0.29) is 6.04 Å². The maximum absolute atomic E-state index is 11.2. The molecule has 1 aliphatic carbocycles. The van der Waals surface area contributed by atoms with Crippen molar-refractivity contribution >= 4 is 23.3 Å². The van der Waals surface area contributed by atoms with Crippen LogP contribution in [-0.2, 0) is 6.42 Å². The standard InChI is InChI=1S/C16H14ClNO2/c17-11-6-7-12-10(9-11)5-8-15(12)18-14-4-2-1-3-13(14)16(19)20/h1-4,6-7,9,15,18H,5,8H2,(H,19,20). The molecule has 4 heteroatoms. The molecule has 3 rings (SSSR count). The summed E-state index contributed by atoms with van der Waals surface area (Å²) in [6, 6.07) is 13.0. The Morgan fingerprint density at radius 3 is 2.85 bits per heavy atom. The van der Waals surface area contributed by atoms with Crippen molar-refractivity contribution < 1.29 is 9.90 Å². The lowest BCUT2D eigenvalue weighted by molar-refractivity contribution is 0.0698. The minimum absolute atomic E-state index is 0.141. The Morgan fingerprint density at radius 2 is 2.05 bits per heavy atom.